The number of hydrogen-bond donors (Lipinski definition) is 1. The summed E-state index contributed by atoms with van der Waals surface area (Å²) < 4.78 is 1.76. The first-order valence-electron chi connectivity index (χ1n) is 6.01. The number of nitriles is 1. The van der Waals surface area contributed by atoms with E-state index in [-0.39, 0.29) is 0 Å². The molecular formula is C14H16N4S. The van der Waals surface area contributed by atoms with Gasteiger partial charge in [-0.3, -0.25) is 4.68 Å². The van der Waals surface area contributed by atoms with Crippen LogP contribution in [0.4, 0.5) is 0 Å². The van der Waals surface area contributed by atoms with Crippen molar-refractivity contribution in [2.45, 2.75) is 16.9 Å². The zero-order valence-electron chi connectivity index (χ0n) is 10.8. The lowest BCUT2D eigenvalue weighted by Gasteiger charge is -2.21. The van der Waals surface area contributed by atoms with Gasteiger partial charge in [0.2, 0.25) is 0 Å². The summed E-state index contributed by atoms with van der Waals surface area (Å²) in [6.07, 6.45) is 4.38. The van der Waals surface area contributed by atoms with Gasteiger partial charge in [0.1, 0.15) is 5.54 Å². The molecule has 0 aliphatic carbocycles. The van der Waals surface area contributed by atoms with Crippen LogP contribution in [0.25, 0.3) is 0 Å². The maximum Gasteiger partial charge on any atom is 0.130 e. The second kappa shape index (κ2) is 5.91. The molecule has 0 aliphatic rings. The second-order valence-electron chi connectivity index (χ2n) is 4.40. The number of benzene rings is 1. The Labute approximate surface area is 117 Å². The fourth-order valence-corrected chi connectivity index (χ4v) is 2.81. The van der Waals surface area contributed by atoms with Gasteiger partial charge in [-0.25, -0.2) is 0 Å². The highest BCUT2D eigenvalue weighted by Gasteiger charge is 2.26. The van der Waals surface area contributed by atoms with Gasteiger partial charge in [-0.15, -0.1) is 11.8 Å². The molecule has 0 bridgehead atoms. The normalized spacial score (nSPS) is 13.7. The lowest BCUT2D eigenvalue weighted by Crippen LogP contribution is -2.35. The number of hydrogen-bond acceptors (Lipinski definition) is 4. The Hall–Kier alpha value is -1.77. The zero-order valence-corrected chi connectivity index (χ0v) is 11.6. The number of aryl methyl sites for hydroxylation is 1. The molecule has 1 aromatic carbocycles. The first-order valence-corrected chi connectivity index (χ1v) is 7.00. The average molecular weight is 272 g/mol. The van der Waals surface area contributed by atoms with Crippen LogP contribution in [0.15, 0.2) is 47.6 Å². The van der Waals surface area contributed by atoms with Gasteiger partial charge in [0.05, 0.1) is 12.3 Å². The highest BCUT2D eigenvalue weighted by molar-refractivity contribution is 7.99. The van der Waals surface area contributed by atoms with Crippen LogP contribution in [-0.4, -0.2) is 15.5 Å². The molecule has 19 heavy (non-hydrogen) atoms. The summed E-state index contributed by atoms with van der Waals surface area (Å²) in [5.41, 5.74) is 6.14. The quantitative estimate of drug-likeness (QED) is 0.848. The Morgan fingerprint density at radius 1 is 1.42 bits per heavy atom. The molecule has 98 valence electrons. The Morgan fingerprint density at radius 3 is 2.74 bits per heavy atom. The molecule has 0 amide bonds. The van der Waals surface area contributed by atoms with Crippen LogP contribution in [0.1, 0.15) is 12.0 Å². The van der Waals surface area contributed by atoms with Gasteiger partial charge >= 0.3 is 0 Å². The molecule has 0 saturated heterocycles. The molecule has 1 atom stereocenters. The predicted octanol–water partition coefficient (Wildman–Crippen LogP) is 2.28. The molecule has 0 fully saturated rings. The highest BCUT2D eigenvalue weighted by Crippen LogP contribution is 2.26. The third-order valence-corrected chi connectivity index (χ3v) is 3.89. The fraction of sp³-hybridized carbons (Fsp3) is 0.286. The molecular weight excluding hydrogens is 256 g/mol. The standard InChI is InChI=1S/C14H16N4S/c1-18-10-13(9-17-18)19-8-7-14(16,11-15)12-5-3-2-4-6-12/h2-6,9-10H,7-8,16H2,1H3. The lowest BCUT2D eigenvalue weighted by atomic mass is 9.90. The minimum Gasteiger partial charge on any atom is -0.310 e. The summed E-state index contributed by atoms with van der Waals surface area (Å²) in [6.45, 7) is 0. The summed E-state index contributed by atoms with van der Waals surface area (Å²) in [6, 6.07) is 11.8. The topological polar surface area (TPSA) is 67.6 Å². The van der Waals surface area contributed by atoms with E-state index in [1.165, 1.54) is 0 Å². The number of thioether (sulfide) groups is 1. The number of nitrogens with two attached hydrogens (primary N) is 1. The summed E-state index contributed by atoms with van der Waals surface area (Å²) in [4.78, 5) is 1.09. The Morgan fingerprint density at radius 2 is 2.16 bits per heavy atom. The van der Waals surface area contributed by atoms with Crippen molar-refractivity contribution in [2.75, 3.05) is 5.75 Å². The molecule has 0 aliphatic heterocycles. The van der Waals surface area contributed by atoms with Crippen LogP contribution in [0.2, 0.25) is 0 Å². The lowest BCUT2D eigenvalue weighted by molar-refractivity contribution is 0.560. The third-order valence-electron chi connectivity index (χ3n) is 2.93. The van der Waals surface area contributed by atoms with Crippen molar-refractivity contribution >= 4 is 11.8 Å². The van der Waals surface area contributed by atoms with Crippen molar-refractivity contribution in [3.8, 4) is 6.07 Å². The molecule has 4 nitrogen and oxygen atoms in total. The summed E-state index contributed by atoms with van der Waals surface area (Å²) in [5, 5.41) is 13.4. The van der Waals surface area contributed by atoms with Crippen molar-refractivity contribution in [1.82, 2.24) is 9.78 Å². The summed E-state index contributed by atoms with van der Waals surface area (Å²) in [7, 11) is 1.89. The minimum absolute atomic E-state index is 0.604. The van der Waals surface area contributed by atoms with E-state index >= 15 is 0 Å². The predicted molar refractivity (Wildman–Crippen MR) is 76.5 cm³/mol. The van der Waals surface area contributed by atoms with Crippen molar-refractivity contribution in [1.29, 1.82) is 5.26 Å². The van der Waals surface area contributed by atoms with Gasteiger partial charge in [-0.05, 0) is 12.0 Å². The van der Waals surface area contributed by atoms with Gasteiger partial charge in [0, 0.05) is 23.9 Å². The molecule has 1 unspecified atom stereocenters. The minimum atomic E-state index is -0.920. The maximum absolute atomic E-state index is 9.34. The molecule has 2 aromatic rings. The van der Waals surface area contributed by atoms with Crippen LogP contribution < -0.4 is 5.73 Å². The van der Waals surface area contributed by atoms with E-state index in [0.717, 1.165) is 16.2 Å². The van der Waals surface area contributed by atoms with E-state index in [9.17, 15) is 5.26 Å². The largest absolute Gasteiger partial charge is 0.310 e. The number of rotatable bonds is 5. The van der Waals surface area contributed by atoms with Gasteiger partial charge in [-0.1, -0.05) is 30.3 Å². The summed E-state index contributed by atoms with van der Waals surface area (Å²) >= 11 is 1.66. The number of aromatic nitrogens is 2. The average Bonchev–Trinajstić information content (AvgIpc) is 2.85. The molecule has 0 spiro atoms. The first-order chi connectivity index (χ1) is 9.14. The van der Waals surface area contributed by atoms with Crippen molar-refractivity contribution in [2.24, 2.45) is 12.8 Å². The SMILES string of the molecule is Cn1cc(SCCC(N)(C#N)c2ccccc2)cn1. The maximum atomic E-state index is 9.34. The van der Waals surface area contributed by atoms with E-state index in [1.807, 2.05) is 49.8 Å². The molecule has 5 heteroatoms. The van der Waals surface area contributed by atoms with Gasteiger partial charge in [0.15, 0.2) is 0 Å². The van der Waals surface area contributed by atoms with E-state index in [4.69, 9.17) is 5.73 Å². The van der Waals surface area contributed by atoms with Gasteiger partial charge in [-0.2, -0.15) is 10.4 Å². The smallest absolute Gasteiger partial charge is 0.130 e. The second-order valence-corrected chi connectivity index (χ2v) is 5.57. The van der Waals surface area contributed by atoms with Crippen LogP contribution in [0.3, 0.4) is 0 Å². The fourth-order valence-electron chi connectivity index (χ4n) is 1.80. The molecule has 0 saturated carbocycles. The van der Waals surface area contributed by atoms with Gasteiger partial charge < -0.3 is 5.73 Å². The first kappa shape index (κ1) is 13.7. The van der Waals surface area contributed by atoms with Crippen LogP contribution in [-0.2, 0) is 12.6 Å². The molecule has 0 radical (unpaired) electrons. The van der Waals surface area contributed by atoms with Crippen molar-refractivity contribution in [3.05, 3.63) is 48.3 Å². The Bertz CT molecular complexity index is 573. The van der Waals surface area contributed by atoms with Crippen molar-refractivity contribution in [3.63, 3.8) is 0 Å². The van der Waals surface area contributed by atoms with Crippen molar-refractivity contribution < 1.29 is 0 Å². The highest BCUT2D eigenvalue weighted by atomic mass is 32.2. The van der Waals surface area contributed by atoms with Crippen LogP contribution in [0.5, 0.6) is 0 Å². The molecule has 1 heterocycles. The van der Waals surface area contributed by atoms with Gasteiger partial charge in [0.25, 0.3) is 0 Å². The van der Waals surface area contributed by atoms with E-state index in [1.54, 1.807) is 16.4 Å². The van der Waals surface area contributed by atoms with Crippen LogP contribution in [0, 0.1) is 11.3 Å². The van der Waals surface area contributed by atoms with E-state index < -0.39 is 5.54 Å². The third kappa shape index (κ3) is 3.37. The Balaban J connectivity index is 1.98. The zero-order chi connectivity index (χ0) is 13.7. The van der Waals surface area contributed by atoms with E-state index in [0.29, 0.717) is 6.42 Å². The molecule has 2 rings (SSSR count). The Kier molecular flexibility index (Phi) is 4.25. The van der Waals surface area contributed by atoms with Crippen LogP contribution >= 0.6 is 11.8 Å². The van der Waals surface area contributed by atoms with E-state index in [2.05, 4.69) is 11.2 Å². The molecule has 2 N–H and O–H groups in total. The number of nitrogens with zero attached hydrogens (tertiary/aromatic N) is 3. The summed E-state index contributed by atoms with van der Waals surface area (Å²) in [5.74, 6) is 0.782. The molecule has 1 aromatic heterocycles. The monoisotopic (exact) mass is 272 g/mol.